The average molecular weight is 385 g/mol. The van der Waals surface area contributed by atoms with Crippen molar-refractivity contribution in [2.75, 3.05) is 13.2 Å². The van der Waals surface area contributed by atoms with Gasteiger partial charge in [-0.3, -0.25) is 0 Å². The highest BCUT2D eigenvalue weighted by molar-refractivity contribution is 9.10. The molecule has 0 spiro atoms. The van der Waals surface area contributed by atoms with Gasteiger partial charge in [0.15, 0.2) is 0 Å². The van der Waals surface area contributed by atoms with Gasteiger partial charge in [-0.1, -0.05) is 46.3 Å². The quantitative estimate of drug-likeness (QED) is 0.662. The van der Waals surface area contributed by atoms with Crippen molar-refractivity contribution in [3.8, 4) is 11.5 Å². The largest absolute Gasteiger partial charge is 0.420 e. The molecule has 4 nitrogen and oxygen atoms in total. The highest BCUT2D eigenvalue weighted by atomic mass is 79.9. The maximum Gasteiger partial charge on any atom is 0.247 e. The Morgan fingerprint density at radius 1 is 0.875 bits per heavy atom. The van der Waals surface area contributed by atoms with Crippen LogP contribution in [0.15, 0.2) is 63.5 Å². The van der Waals surface area contributed by atoms with Crippen LogP contribution in [0.4, 0.5) is 0 Å². The minimum atomic E-state index is -0.279. The van der Waals surface area contributed by atoms with Crippen LogP contribution in [0, 0.1) is 0 Å². The van der Waals surface area contributed by atoms with E-state index in [9.17, 15) is 0 Å². The molecule has 24 heavy (non-hydrogen) atoms. The Labute approximate surface area is 149 Å². The van der Waals surface area contributed by atoms with E-state index in [0.29, 0.717) is 25.0 Å². The van der Waals surface area contributed by atoms with Crippen molar-refractivity contribution in [3.63, 3.8) is 0 Å². The van der Waals surface area contributed by atoms with Gasteiger partial charge < -0.3 is 9.15 Å². The lowest BCUT2D eigenvalue weighted by molar-refractivity contribution is 0.0546. The van der Waals surface area contributed by atoms with Crippen molar-refractivity contribution in [2.24, 2.45) is 0 Å². The first-order chi connectivity index (χ1) is 11.8. The van der Waals surface area contributed by atoms with Gasteiger partial charge in [-0.2, -0.15) is 0 Å². The van der Waals surface area contributed by atoms with Gasteiger partial charge in [0.05, 0.1) is 5.41 Å². The van der Waals surface area contributed by atoms with Crippen molar-refractivity contribution in [3.05, 3.63) is 70.5 Å². The zero-order valence-corrected chi connectivity index (χ0v) is 14.7. The lowest BCUT2D eigenvalue weighted by atomic mass is 9.74. The van der Waals surface area contributed by atoms with Gasteiger partial charge in [0.1, 0.15) is 0 Å². The third-order valence-electron chi connectivity index (χ3n) is 4.60. The van der Waals surface area contributed by atoms with Gasteiger partial charge in [0, 0.05) is 23.2 Å². The van der Waals surface area contributed by atoms with Crippen molar-refractivity contribution in [2.45, 2.75) is 18.3 Å². The number of rotatable bonds is 3. The second-order valence-corrected chi connectivity index (χ2v) is 6.90. The molecular formula is C19H17BrN2O2. The third kappa shape index (κ3) is 2.78. The van der Waals surface area contributed by atoms with Crippen molar-refractivity contribution in [1.82, 2.24) is 10.2 Å². The summed E-state index contributed by atoms with van der Waals surface area (Å²) in [5.41, 5.74) is 1.85. The number of hydrogen-bond donors (Lipinski definition) is 0. The van der Waals surface area contributed by atoms with Gasteiger partial charge in [0.25, 0.3) is 0 Å². The van der Waals surface area contributed by atoms with E-state index in [2.05, 4.69) is 50.4 Å². The molecule has 2 aromatic carbocycles. The van der Waals surface area contributed by atoms with E-state index in [1.54, 1.807) is 0 Å². The highest BCUT2D eigenvalue weighted by Gasteiger charge is 2.41. The molecule has 1 fully saturated rings. The predicted molar refractivity (Wildman–Crippen MR) is 94.7 cm³/mol. The van der Waals surface area contributed by atoms with Gasteiger partial charge in [-0.25, -0.2) is 0 Å². The molecule has 0 N–H and O–H groups in total. The molecule has 0 unspecified atom stereocenters. The highest BCUT2D eigenvalue weighted by Crippen LogP contribution is 2.41. The molecule has 1 aliphatic heterocycles. The molecule has 0 atom stereocenters. The summed E-state index contributed by atoms with van der Waals surface area (Å²) < 4.78 is 12.8. The fourth-order valence-corrected chi connectivity index (χ4v) is 3.49. The summed E-state index contributed by atoms with van der Waals surface area (Å²) in [7, 11) is 0. The molecule has 122 valence electrons. The Hall–Kier alpha value is -1.98. The summed E-state index contributed by atoms with van der Waals surface area (Å²) in [5.74, 6) is 1.24. The lowest BCUT2D eigenvalue weighted by Crippen LogP contribution is -2.35. The molecule has 1 saturated heterocycles. The number of benzene rings is 2. The van der Waals surface area contributed by atoms with Crippen LogP contribution in [0.1, 0.15) is 24.3 Å². The zero-order valence-electron chi connectivity index (χ0n) is 13.1. The standard InChI is InChI=1S/C19H17BrN2O2/c20-16-8-6-15(7-9-16)19(10-12-23-13-11-19)18-22-21-17(24-18)14-4-2-1-3-5-14/h1-9H,10-13H2. The number of aromatic nitrogens is 2. The topological polar surface area (TPSA) is 48.2 Å². The van der Waals surface area contributed by atoms with Gasteiger partial charge in [0.2, 0.25) is 11.8 Å². The summed E-state index contributed by atoms with van der Waals surface area (Å²) in [6.07, 6.45) is 1.68. The number of halogens is 1. The molecule has 3 aromatic rings. The summed E-state index contributed by atoms with van der Waals surface area (Å²) in [6, 6.07) is 18.2. The Morgan fingerprint density at radius 2 is 1.58 bits per heavy atom. The predicted octanol–water partition coefficient (Wildman–Crippen LogP) is 4.60. The third-order valence-corrected chi connectivity index (χ3v) is 5.13. The molecule has 0 aliphatic carbocycles. The second-order valence-electron chi connectivity index (χ2n) is 5.98. The average Bonchev–Trinajstić information content (AvgIpc) is 3.14. The molecule has 0 saturated carbocycles. The van der Waals surface area contributed by atoms with E-state index < -0.39 is 0 Å². The summed E-state index contributed by atoms with van der Waals surface area (Å²) in [4.78, 5) is 0. The Kier molecular flexibility index (Phi) is 4.21. The van der Waals surface area contributed by atoms with E-state index in [1.165, 1.54) is 5.56 Å². The van der Waals surface area contributed by atoms with Crippen LogP contribution in [-0.2, 0) is 10.2 Å². The molecule has 0 radical (unpaired) electrons. The first-order valence-corrected chi connectivity index (χ1v) is 8.80. The Balaban J connectivity index is 1.77. The first kappa shape index (κ1) is 15.5. The van der Waals surface area contributed by atoms with Crippen LogP contribution >= 0.6 is 15.9 Å². The maximum absolute atomic E-state index is 6.11. The number of nitrogens with zero attached hydrogens (tertiary/aromatic N) is 2. The molecule has 0 bridgehead atoms. The normalized spacial score (nSPS) is 16.9. The molecule has 2 heterocycles. The van der Waals surface area contributed by atoms with E-state index >= 15 is 0 Å². The minimum Gasteiger partial charge on any atom is -0.420 e. The molecule has 4 rings (SSSR count). The van der Waals surface area contributed by atoms with E-state index in [-0.39, 0.29) is 5.41 Å². The molecule has 1 aromatic heterocycles. The zero-order chi connectivity index (χ0) is 16.4. The van der Waals surface area contributed by atoms with Crippen LogP contribution in [0.3, 0.4) is 0 Å². The van der Waals surface area contributed by atoms with E-state index in [4.69, 9.17) is 9.15 Å². The van der Waals surface area contributed by atoms with Gasteiger partial charge in [-0.05, 0) is 42.7 Å². The molecule has 0 amide bonds. The summed E-state index contributed by atoms with van der Waals surface area (Å²) in [5, 5.41) is 8.69. The van der Waals surface area contributed by atoms with E-state index in [0.717, 1.165) is 22.9 Å². The number of hydrogen-bond acceptors (Lipinski definition) is 4. The Bertz CT molecular complexity index is 809. The van der Waals surface area contributed by atoms with Crippen LogP contribution < -0.4 is 0 Å². The Morgan fingerprint density at radius 3 is 2.29 bits per heavy atom. The van der Waals surface area contributed by atoms with Crippen LogP contribution in [0.2, 0.25) is 0 Å². The fraction of sp³-hybridized carbons (Fsp3) is 0.263. The van der Waals surface area contributed by atoms with Gasteiger partial charge >= 0.3 is 0 Å². The smallest absolute Gasteiger partial charge is 0.247 e. The van der Waals surface area contributed by atoms with Crippen molar-refractivity contribution < 1.29 is 9.15 Å². The molecular weight excluding hydrogens is 368 g/mol. The summed E-state index contributed by atoms with van der Waals surface area (Å²) >= 11 is 3.50. The molecule has 5 heteroatoms. The monoisotopic (exact) mass is 384 g/mol. The van der Waals surface area contributed by atoms with Crippen LogP contribution in [0.5, 0.6) is 0 Å². The van der Waals surface area contributed by atoms with Crippen molar-refractivity contribution in [1.29, 1.82) is 0 Å². The van der Waals surface area contributed by atoms with Crippen LogP contribution in [-0.4, -0.2) is 23.4 Å². The van der Waals surface area contributed by atoms with E-state index in [1.807, 2.05) is 30.3 Å². The lowest BCUT2D eigenvalue weighted by Gasteiger charge is -2.34. The summed E-state index contributed by atoms with van der Waals surface area (Å²) in [6.45, 7) is 1.39. The van der Waals surface area contributed by atoms with Gasteiger partial charge in [-0.15, -0.1) is 10.2 Å². The minimum absolute atomic E-state index is 0.279. The number of ether oxygens (including phenoxy) is 1. The fourth-order valence-electron chi connectivity index (χ4n) is 3.23. The SMILES string of the molecule is Brc1ccc(C2(c3nnc(-c4ccccc4)o3)CCOCC2)cc1. The molecule has 1 aliphatic rings. The van der Waals surface area contributed by atoms with Crippen LogP contribution in [0.25, 0.3) is 11.5 Å². The first-order valence-electron chi connectivity index (χ1n) is 8.01. The second kappa shape index (κ2) is 6.49. The van der Waals surface area contributed by atoms with Crippen molar-refractivity contribution >= 4 is 15.9 Å². The maximum atomic E-state index is 6.11.